The van der Waals surface area contributed by atoms with Crippen molar-refractivity contribution in [1.29, 1.82) is 0 Å². The number of aliphatic hydroxyl groups is 1. The van der Waals surface area contributed by atoms with E-state index in [4.69, 9.17) is 9.47 Å². The average Bonchev–Trinajstić information content (AvgIpc) is 3.79. The van der Waals surface area contributed by atoms with Crippen LogP contribution in [0, 0.1) is 22.7 Å². The summed E-state index contributed by atoms with van der Waals surface area (Å²) in [6.07, 6.45) is 16.7. The number of allylic oxidation sites excluding steroid dienone is 1. The summed E-state index contributed by atoms with van der Waals surface area (Å²) in [6, 6.07) is 2.29. The summed E-state index contributed by atoms with van der Waals surface area (Å²) < 4.78 is 13.5. The lowest BCUT2D eigenvalue weighted by molar-refractivity contribution is -0.235. The molecule has 0 spiro atoms. The summed E-state index contributed by atoms with van der Waals surface area (Å²) >= 11 is 1.78. The van der Waals surface area contributed by atoms with Crippen LogP contribution in [0.4, 0.5) is 0 Å². The molecule has 228 valence electrons. The van der Waals surface area contributed by atoms with Crippen LogP contribution in [-0.4, -0.2) is 79.1 Å². The number of nitrogens with zero attached hydrogens (tertiary/aromatic N) is 2. The van der Waals surface area contributed by atoms with Crippen molar-refractivity contribution in [2.24, 2.45) is 22.7 Å². The smallest absolute Gasteiger partial charge is 0.102 e. The van der Waals surface area contributed by atoms with Crippen LogP contribution in [0.5, 0.6) is 0 Å². The van der Waals surface area contributed by atoms with E-state index >= 15 is 0 Å². The molecule has 0 radical (unpaired) electrons. The predicted molar refractivity (Wildman–Crippen MR) is 166 cm³/mol. The predicted octanol–water partition coefficient (Wildman–Crippen LogP) is 6.61. The molecule has 4 aliphatic carbocycles. The molecule has 6 aliphatic rings. The zero-order valence-corrected chi connectivity index (χ0v) is 26.6. The lowest BCUT2D eigenvalue weighted by Gasteiger charge is -2.63. The minimum absolute atomic E-state index is 0.193. The molecule has 3 saturated carbocycles. The van der Waals surface area contributed by atoms with Crippen LogP contribution in [0.3, 0.4) is 0 Å². The van der Waals surface area contributed by atoms with Crippen LogP contribution in [0.15, 0.2) is 28.5 Å². The molecule has 5 fully saturated rings. The van der Waals surface area contributed by atoms with Crippen molar-refractivity contribution in [1.82, 2.24) is 9.80 Å². The monoisotopic (exact) mass is 582 g/mol. The number of hydrogen-bond acceptors (Lipinski definition) is 6. The minimum Gasteiger partial charge on any atom is -0.389 e. The summed E-state index contributed by atoms with van der Waals surface area (Å²) in [7, 11) is 0. The van der Waals surface area contributed by atoms with Gasteiger partial charge in [-0.1, -0.05) is 25.5 Å². The van der Waals surface area contributed by atoms with Gasteiger partial charge in [-0.05, 0) is 143 Å². The van der Waals surface area contributed by atoms with E-state index in [0.717, 1.165) is 64.8 Å². The first-order chi connectivity index (χ1) is 19.9. The highest BCUT2D eigenvalue weighted by Gasteiger charge is 2.72. The summed E-state index contributed by atoms with van der Waals surface area (Å²) in [4.78, 5) is 5.11. The molecule has 1 aromatic rings. The van der Waals surface area contributed by atoms with Crippen molar-refractivity contribution in [3.63, 3.8) is 0 Å². The Labute approximate surface area is 252 Å². The Kier molecular flexibility index (Phi) is 7.99. The molecule has 7 rings (SSSR count). The van der Waals surface area contributed by atoms with E-state index in [2.05, 4.69) is 46.5 Å². The van der Waals surface area contributed by atoms with Crippen molar-refractivity contribution < 1.29 is 14.6 Å². The minimum atomic E-state index is -0.677. The summed E-state index contributed by atoms with van der Waals surface area (Å²) in [5.74, 6) is 0.896. The van der Waals surface area contributed by atoms with E-state index in [1.54, 1.807) is 16.9 Å². The van der Waals surface area contributed by atoms with E-state index < -0.39 is 5.60 Å². The molecule has 7 atom stereocenters. The normalized spacial score (nSPS) is 43.1. The highest BCUT2D eigenvalue weighted by molar-refractivity contribution is 7.08. The van der Waals surface area contributed by atoms with Crippen molar-refractivity contribution in [2.45, 2.75) is 108 Å². The molecule has 1 N–H and O–H groups in total. The van der Waals surface area contributed by atoms with Gasteiger partial charge in [0, 0.05) is 18.5 Å². The molecule has 0 aromatic carbocycles. The van der Waals surface area contributed by atoms with E-state index in [9.17, 15) is 5.11 Å². The fourth-order valence-corrected chi connectivity index (χ4v) is 11.5. The Morgan fingerprint density at radius 1 is 0.878 bits per heavy atom. The van der Waals surface area contributed by atoms with Crippen molar-refractivity contribution >= 4 is 11.3 Å². The number of thiophene rings is 1. The maximum atomic E-state index is 13.0. The molecule has 3 heterocycles. The maximum Gasteiger partial charge on any atom is 0.102 e. The van der Waals surface area contributed by atoms with Gasteiger partial charge in [-0.2, -0.15) is 11.3 Å². The van der Waals surface area contributed by atoms with Crippen LogP contribution in [0.2, 0.25) is 0 Å². The largest absolute Gasteiger partial charge is 0.389 e. The second kappa shape index (κ2) is 11.3. The number of ether oxygens (including phenoxy) is 2. The molecule has 5 nitrogen and oxygen atoms in total. The molecule has 2 aliphatic heterocycles. The molecule has 0 bridgehead atoms. The fraction of sp³-hybridized carbons (Fsp3) is 0.829. The first kappa shape index (κ1) is 29.0. The van der Waals surface area contributed by atoms with Crippen LogP contribution >= 0.6 is 11.3 Å². The van der Waals surface area contributed by atoms with E-state index in [-0.39, 0.29) is 22.5 Å². The molecule has 41 heavy (non-hydrogen) atoms. The van der Waals surface area contributed by atoms with Crippen LogP contribution < -0.4 is 0 Å². The van der Waals surface area contributed by atoms with Crippen LogP contribution in [-0.2, 0) is 15.1 Å². The second-order valence-electron chi connectivity index (χ2n) is 14.9. The van der Waals surface area contributed by atoms with Gasteiger partial charge in [0.05, 0.1) is 24.9 Å². The van der Waals surface area contributed by atoms with E-state index in [1.807, 2.05) is 0 Å². The first-order valence-electron chi connectivity index (χ1n) is 17.0. The van der Waals surface area contributed by atoms with E-state index in [1.165, 1.54) is 70.3 Å². The molecule has 2 saturated heterocycles. The zero-order valence-electron chi connectivity index (χ0n) is 25.7. The van der Waals surface area contributed by atoms with Gasteiger partial charge in [0.15, 0.2) is 0 Å². The van der Waals surface area contributed by atoms with Gasteiger partial charge in [0.1, 0.15) is 5.60 Å². The van der Waals surface area contributed by atoms with Gasteiger partial charge >= 0.3 is 0 Å². The number of likely N-dealkylation sites (tertiary alicyclic amines) is 2. The molecular weight excluding hydrogens is 528 g/mol. The SMILES string of the molecule is C[C@]12CCC(OCCN3CCCC3)C=C1CC[C@@H]1[C@H]2CC[C@]2(C)C(OCCN3CCCC3)(c3ccsc3)CC[C@@]12O. The molecule has 1 aromatic heterocycles. The van der Waals surface area contributed by atoms with Crippen LogP contribution in [0.1, 0.15) is 96.5 Å². The first-order valence-corrected chi connectivity index (χ1v) is 18.0. The third-order valence-corrected chi connectivity index (χ3v) is 13.9. The van der Waals surface area contributed by atoms with Crippen LogP contribution in [0.25, 0.3) is 0 Å². The lowest BCUT2D eigenvalue weighted by atomic mass is 9.44. The number of hydrogen-bond donors (Lipinski definition) is 1. The highest BCUT2D eigenvalue weighted by atomic mass is 32.1. The Balaban J connectivity index is 1.09. The van der Waals surface area contributed by atoms with Gasteiger partial charge < -0.3 is 24.4 Å². The van der Waals surface area contributed by atoms with Crippen molar-refractivity contribution in [2.75, 3.05) is 52.5 Å². The van der Waals surface area contributed by atoms with Gasteiger partial charge in [-0.25, -0.2) is 0 Å². The maximum absolute atomic E-state index is 13.0. The van der Waals surface area contributed by atoms with Gasteiger partial charge in [-0.3, -0.25) is 0 Å². The van der Waals surface area contributed by atoms with Crippen molar-refractivity contribution in [3.05, 3.63) is 34.0 Å². The zero-order chi connectivity index (χ0) is 28.1. The topological polar surface area (TPSA) is 45.2 Å². The lowest BCUT2D eigenvalue weighted by Crippen LogP contribution is -2.64. The Hall–Kier alpha value is -0.760. The highest BCUT2D eigenvalue weighted by Crippen LogP contribution is 2.72. The fourth-order valence-electron chi connectivity index (χ4n) is 10.8. The molecule has 2 unspecified atom stereocenters. The molecular formula is C35H54N2O3S. The third-order valence-electron chi connectivity index (χ3n) is 13.3. The summed E-state index contributed by atoms with van der Waals surface area (Å²) in [5.41, 5.74) is 1.81. The summed E-state index contributed by atoms with van der Waals surface area (Å²) in [5, 5.41) is 17.5. The Bertz CT molecular complexity index is 1080. The second-order valence-corrected chi connectivity index (χ2v) is 15.7. The number of fused-ring (bicyclic) bond motifs is 5. The summed E-state index contributed by atoms with van der Waals surface area (Å²) in [6.45, 7) is 13.6. The molecule has 0 amide bonds. The number of rotatable bonds is 9. The molecule has 6 heteroatoms. The third kappa shape index (κ3) is 4.73. The quantitative estimate of drug-likeness (QED) is 0.332. The van der Waals surface area contributed by atoms with Crippen molar-refractivity contribution in [3.8, 4) is 0 Å². The van der Waals surface area contributed by atoms with Gasteiger partial charge in [-0.15, -0.1) is 0 Å². The average molecular weight is 583 g/mol. The standard InChI is InChI=1S/C35H54N2O3S/c1-32-12-9-29(39-22-20-36-16-3-4-17-36)25-27(32)7-8-31-30(32)10-13-33(2)34(31,38)14-15-35(33,28-11-24-41-26-28)40-23-21-37-18-5-6-19-37/h11,24-26,29-31,38H,3-10,12-23H2,1-2H3/t29?,30-,31-,32+,33+,34-,35?/m1/s1. The van der Waals surface area contributed by atoms with Gasteiger partial charge in [0.25, 0.3) is 0 Å². The van der Waals surface area contributed by atoms with Gasteiger partial charge in [0.2, 0.25) is 0 Å². The van der Waals surface area contributed by atoms with E-state index in [0.29, 0.717) is 11.8 Å². The Morgan fingerprint density at radius 3 is 2.32 bits per heavy atom. The Morgan fingerprint density at radius 2 is 1.61 bits per heavy atom.